The Labute approximate surface area is 116 Å². The van der Waals surface area contributed by atoms with Gasteiger partial charge in [-0.1, -0.05) is 18.2 Å². The molecule has 0 bridgehead atoms. The lowest BCUT2D eigenvalue weighted by Crippen LogP contribution is -2.17. The molecule has 0 saturated heterocycles. The number of para-hydroxylation sites is 1. The number of benzene rings is 2. The molecule has 20 heavy (non-hydrogen) atoms. The van der Waals surface area contributed by atoms with Gasteiger partial charge in [-0.15, -0.1) is 0 Å². The van der Waals surface area contributed by atoms with Crippen LogP contribution < -0.4 is 15.0 Å². The SMILES string of the molecule is COc1cc2c(=O)n(C)c3ccccc3c2cc1OC. The predicted octanol–water partition coefficient (Wildman–Crippen LogP) is 2.71. The number of nitrogens with zero attached hydrogens (tertiary/aromatic N) is 1. The molecule has 4 nitrogen and oxygen atoms in total. The zero-order valence-electron chi connectivity index (χ0n) is 11.6. The first-order valence-corrected chi connectivity index (χ1v) is 6.31. The Balaban J connectivity index is 2.58. The van der Waals surface area contributed by atoms with Crippen LogP contribution in [0.5, 0.6) is 11.5 Å². The normalized spacial score (nSPS) is 10.9. The number of ether oxygens (including phenoxy) is 2. The van der Waals surface area contributed by atoms with Crippen LogP contribution in [-0.2, 0) is 7.05 Å². The summed E-state index contributed by atoms with van der Waals surface area (Å²) in [6, 6.07) is 11.4. The van der Waals surface area contributed by atoms with E-state index >= 15 is 0 Å². The van der Waals surface area contributed by atoms with Crippen molar-refractivity contribution in [3.8, 4) is 11.5 Å². The van der Waals surface area contributed by atoms with Crippen LogP contribution in [0.4, 0.5) is 0 Å². The predicted molar refractivity (Wildman–Crippen MR) is 79.8 cm³/mol. The van der Waals surface area contributed by atoms with Gasteiger partial charge in [0.1, 0.15) is 0 Å². The molecule has 102 valence electrons. The summed E-state index contributed by atoms with van der Waals surface area (Å²) in [5, 5.41) is 2.52. The highest BCUT2D eigenvalue weighted by molar-refractivity contribution is 6.06. The first kappa shape index (κ1) is 12.5. The molecule has 0 fully saturated rings. The summed E-state index contributed by atoms with van der Waals surface area (Å²) in [4.78, 5) is 12.5. The van der Waals surface area contributed by atoms with Crippen LogP contribution in [0.25, 0.3) is 21.7 Å². The van der Waals surface area contributed by atoms with Gasteiger partial charge in [0, 0.05) is 17.8 Å². The number of aromatic nitrogens is 1. The Morgan fingerprint density at radius 2 is 1.50 bits per heavy atom. The van der Waals surface area contributed by atoms with E-state index in [-0.39, 0.29) is 5.56 Å². The van der Waals surface area contributed by atoms with Gasteiger partial charge >= 0.3 is 0 Å². The van der Waals surface area contributed by atoms with Gasteiger partial charge in [0.15, 0.2) is 11.5 Å². The molecule has 0 N–H and O–H groups in total. The molecule has 0 radical (unpaired) electrons. The molecule has 3 aromatic rings. The first-order chi connectivity index (χ1) is 9.67. The third-order valence-corrected chi connectivity index (χ3v) is 3.61. The Hall–Kier alpha value is -2.49. The Morgan fingerprint density at radius 1 is 0.900 bits per heavy atom. The maximum atomic E-state index is 12.5. The Morgan fingerprint density at radius 3 is 2.15 bits per heavy atom. The molecule has 0 unspecified atom stereocenters. The van der Waals surface area contributed by atoms with Crippen LogP contribution in [0.1, 0.15) is 0 Å². The largest absolute Gasteiger partial charge is 0.493 e. The fourth-order valence-electron chi connectivity index (χ4n) is 2.56. The van der Waals surface area contributed by atoms with Gasteiger partial charge in [0.25, 0.3) is 5.56 Å². The smallest absolute Gasteiger partial charge is 0.258 e. The van der Waals surface area contributed by atoms with Gasteiger partial charge in [0.2, 0.25) is 0 Å². The molecule has 0 atom stereocenters. The van der Waals surface area contributed by atoms with Crippen LogP contribution in [-0.4, -0.2) is 18.8 Å². The topological polar surface area (TPSA) is 40.5 Å². The van der Waals surface area contributed by atoms with Crippen molar-refractivity contribution in [2.45, 2.75) is 0 Å². The summed E-state index contributed by atoms with van der Waals surface area (Å²) in [6.07, 6.45) is 0. The van der Waals surface area contributed by atoms with E-state index in [0.29, 0.717) is 16.9 Å². The van der Waals surface area contributed by atoms with Crippen LogP contribution in [0, 0.1) is 0 Å². The van der Waals surface area contributed by atoms with Crippen molar-refractivity contribution >= 4 is 21.7 Å². The monoisotopic (exact) mass is 269 g/mol. The van der Waals surface area contributed by atoms with E-state index < -0.39 is 0 Å². The molecule has 1 aromatic heterocycles. The molecule has 0 aliphatic heterocycles. The molecule has 0 saturated carbocycles. The van der Waals surface area contributed by atoms with E-state index in [1.165, 1.54) is 0 Å². The average molecular weight is 269 g/mol. The van der Waals surface area contributed by atoms with Crippen molar-refractivity contribution in [2.75, 3.05) is 14.2 Å². The number of rotatable bonds is 2. The minimum atomic E-state index is -0.0420. The van der Waals surface area contributed by atoms with Crippen molar-refractivity contribution in [1.82, 2.24) is 4.57 Å². The zero-order valence-corrected chi connectivity index (χ0v) is 11.6. The molecule has 0 spiro atoms. The lowest BCUT2D eigenvalue weighted by atomic mass is 10.1. The van der Waals surface area contributed by atoms with Gasteiger partial charge in [-0.25, -0.2) is 0 Å². The third-order valence-electron chi connectivity index (χ3n) is 3.61. The fraction of sp³-hybridized carbons (Fsp3) is 0.188. The highest BCUT2D eigenvalue weighted by atomic mass is 16.5. The molecule has 4 heteroatoms. The Bertz CT molecular complexity index is 865. The lowest BCUT2D eigenvalue weighted by molar-refractivity contribution is 0.356. The van der Waals surface area contributed by atoms with Crippen LogP contribution in [0.2, 0.25) is 0 Å². The maximum absolute atomic E-state index is 12.5. The van der Waals surface area contributed by atoms with E-state index in [9.17, 15) is 4.79 Å². The highest BCUT2D eigenvalue weighted by Crippen LogP contribution is 2.33. The van der Waals surface area contributed by atoms with Gasteiger partial charge in [0.05, 0.1) is 25.1 Å². The zero-order chi connectivity index (χ0) is 14.3. The van der Waals surface area contributed by atoms with Crippen LogP contribution >= 0.6 is 0 Å². The van der Waals surface area contributed by atoms with E-state index in [1.54, 1.807) is 31.9 Å². The lowest BCUT2D eigenvalue weighted by Gasteiger charge is -2.12. The maximum Gasteiger partial charge on any atom is 0.258 e. The third kappa shape index (κ3) is 1.65. The first-order valence-electron chi connectivity index (χ1n) is 6.31. The van der Waals surface area contributed by atoms with Crippen molar-refractivity contribution in [3.63, 3.8) is 0 Å². The van der Waals surface area contributed by atoms with E-state index in [1.807, 2.05) is 30.3 Å². The second-order valence-corrected chi connectivity index (χ2v) is 4.63. The molecule has 0 amide bonds. The van der Waals surface area contributed by atoms with Crippen LogP contribution in [0.15, 0.2) is 41.2 Å². The number of aryl methyl sites for hydroxylation is 1. The van der Waals surface area contributed by atoms with Gasteiger partial charge in [-0.2, -0.15) is 0 Å². The summed E-state index contributed by atoms with van der Waals surface area (Å²) < 4.78 is 12.3. The van der Waals surface area contributed by atoms with Crippen molar-refractivity contribution < 1.29 is 9.47 Å². The summed E-state index contributed by atoms with van der Waals surface area (Å²) in [5.74, 6) is 1.19. The molecule has 2 aromatic carbocycles. The second-order valence-electron chi connectivity index (χ2n) is 4.63. The number of methoxy groups -OCH3 is 2. The van der Waals surface area contributed by atoms with E-state index in [4.69, 9.17) is 9.47 Å². The number of pyridine rings is 1. The minimum absolute atomic E-state index is 0.0420. The van der Waals surface area contributed by atoms with Gasteiger partial charge in [-0.05, 0) is 18.2 Å². The summed E-state index contributed by atoms with van der Waals surface area (Å²) in [7, 11) is 4.93. The number of hydrogen-bond acceptors (Lipinski definition) is 3. The standard InChI is InChI=1S/C16H15NO3/c1-17-13-7-5-4-6-10(13)11-8-14(19-2)15(20-3)9-12(11)16(17)18/h4-9H,1-3H3. The molecule has 1 heterocycles. The molecule has 0 aliphatic carbocycles. The summed E-state index contributed by atoms with van der Waals surface area (Å²) in [6.45, 7) is 0. The van der Waals surface area contributed by atoms with E-state index in [2.05, 4.69) is 0 Å². The second kappa shape index (κ2) is 4.56. The van der Waals surface area contributed by atoms with E-state index in [0.717, 1.165) is 16.3 Å². The highest BCUT2D eigenvalue weighted by Gasteiger charge is 2.13. The van der Waals surface area contributed by atoms with Crippen molar-refractivity contribution in [3.05, 3.63) is 46.8 Å². The van der Waals surface area contributed by atoms with Gasteiger partial charge in [-0.3, -0.25) is 4.79 Å². The molecular weight excluding hydrogens is 254 g/mol. The van der Waals surface area contributed by atoms with Crippen molar-refractivity contribution in [1.29, 1.82) is 0 Å². The summed E-state index contributed by atoms with van der Waals surface area (Å²) in [5.41, 5.74) is 0.858. The average Bonchev–Trinajstić information content (AvgIpc) is 2.51. The van der Waals surface area contributed by atoms with Crippen molar-refractivity contribution in [2.24, 2.45) is 7.05 Å². The minimum Gasteiger partial charge on any atom is -0.493 e. The fourth-order valence-corrected chi connectivity index (χ4v) is 2.56. The molecule has 3 rings (SSSR count). The number of hydrogen-bond donors (Lipinski definition) is 0. The quantitative estimate of drug-likeness (QED) is 0.672. The summed E-state index contributed by atoms with van der Waals surface area (Å²) >= 11 is 0. The number of fused-ring (bicyclic) bond motifs is 3. The Kier molecular flexibility index (Phi) is 2.86. The van der Waals surface area contributed by atoms with Crippen LogP contribution in [0.3, 0.4) is 0 Å². The molecule has 0 aliphatic rings. The molecular formula is C16H15NO3. The van der Waals surface area contributed by atoms with Gasteiger partial charge < -0.3 is 14.0 Å².